The van der Waals surface area contributed by atoms with E-state index in [4.69, 9.17) is 9.47 Å². The topological polar surface area (TPSA) is 45.3 Å². The first-order valence-corrected chi connectivity index (χ1v) is 11.9. The molecule has 2 saturated heterocycles. The molecule has 2 aromatic rings. The number of methoxy groups -OCH3 is 1. The van der Waals surface area contributed by atoms with Gasteiger partial charge in [-0.3, -0.25) is 4.79 Å². The van der Waals surface area contributed by atoms with Gasteiger partial charge in [-0.05, 0) is 80.9 Å². The molecular formula is C26H35N3O3. The van der Waals surface area contributed by atoms with Crippen molar-refractivity contribution in [1.29, 1.82) is 0 Å². The quantitative estimate of drug-likeness (QED) is 0.586. The average Bonchev–Trinajstić information content (AvgIpc) is 2.87. The Balaban J connectivity index is 1.20. The maximum atomic E-state index is 12.9. The van der Waals surface area contributed by atoms with Crippen molar-refractivity contribution < 1.29 is 14.3 Å². The van der Waals surface area contributed by atoms with Crippen molar-refractivity contribution in [1.82, 2.24) is 9.80 Å². The lowest BCUT2D eigenvalue weighted by Gasteiger charge is -2.36. The standard InChI is InChI=1S/C26H35N3O3/c1-31-24-12-8-23(9-13-24)28-17-19-29(20-18-28)26(30)22-6-10-25(11-7-22)32-21-5-16-27-14-3-2-4-15-27/h6-13H,2-5,14-21H2,1H3. The molecule has 6 heteroatoms. The van der Waals surface area contributed by atoms with Crippen molar-refractivity contribution in [3.05, 3.63) is 54.1 Å². The van der Waals surface area contributed by atoms with Crippen LogP contribution in [-0.2, 0) is 0 Å². The summed E-state index contributed by atoms with van der Waals surface area (Å²) in [6.45, 7) is 7.39. The fourth-order valence-corrected chi connectivity index (χ4v) is 4.50. The van der Waals surface area contributed by atoms with Crippen LogP contribution in [0.3, 0.4) is 0 Å². The van der Waals surface area contributed by atoms with Gasteiger partial charge in [0.15, 0.2) is 0 Å². The highest BCUT2D eigenvalue weighted by Gasteiger charge is 2.22. The molecule has 2 aliphatic heterocycles. The summed E-state index contributed by atoms with van der Waals surface area (Å²) in [7, 11) is 1.68. The van der Waals surface area contributed by atoms with Crippen molar-refractivity contribution >= 4 is 11.6 Å². The van der Waals surface area contributed by atoms with E-state index in [9.17, 15) is 4.79 Å². The minimum atomic E-state index is 0.0935. The first kappa shape index (κ1) is 22.5. The highest BCUT2D eigenvalue weighted by Crippen LogP contribution is 2.21. The number of piperazine rings is 1. The Kier molecular flexibility index (Phi) is 7.88. The van der Waals surface area contributed by atoms with E-state index in [0.717, 1.165) is 62.8 Å². The van der Waals surface area contributed by atoms with Gasteiger partial charge in [-0.2, -0.15) is 0 Å². The van der Waals surface area contributed by atoms with Gasteiger partial charge in [-0.25, -0.2) is 0 Å². The summed E-state index contributed by atoms with van der Waals surface area (Å²) in [6.07, 6.45) is 5.06. The van der Waals surface area contributed by atoms with E-state index in [-0.39, 0.29) is 5.91 Å². The van der Waals surface area contributed by atoms with Crippen LogP contribution in [-0.4, -0.2) is 75.2 Å². The molecule has 32 heavy (non-hydrogen) atoms. The van der Waals surface area contributed by atoms with Gasteiger partial charge in [-0.15, -0.1) is 0 Å². The first-order valence-electron chi connectivity index (χ1n) is 11.9. The number of benzene rings is 2. The number of hydrogen-bond donors (Lipinski definition) is 0. The second kappa shape index (κ2) is 11.2. The molecule has 0 bridgehead atoms. The molecule has 2 fully saturated rings. The number of carbonyl (C=O) groups excluding carboxylic acids is 1. The van der Waals surface area contributed by atoms with Crippen molar-refractivity contribution in [2.45, 2.75) is 25.7 Å². The summed E-state index contributed by atoms with van der Waals surface area (Å²) >= 11 is 0. The molecule has 0 radical (unpaired) electrons. The Morgan fingerprint density at radius 1 is 0.812 bits per heavy atom. The second-order valence-corrected chi connectivity index (χ2v) is 8.61. The lowest BCUT2D eigenvalue weighted by Crippen LogP contribution is -2.48. The zero-order chi connectivity index (χ0) is 22.2. The van der Waals surface area contributed by atoms with Crippen LogP contribution in [0.25, 0.3) is 0 Å². The van der Waals surface area contributed by atoms with Crippen molar-refractivity contribution in [2.24, 2.45) is 0 Å². The Labute approximate surface area is 191 Å². The SMILES string of the molecule is COc1ccc(N2CCN(C(=O)c3ccc(OCCCN4CCCCC4)cc3)CC2)cc1. The fraction of sp³-hybridized carbons (Fsp3) is 0.500. The van der Waals surface area contributed by atoms with Gasteiger partial charge < -0.3 is 24.2 Å². The Morgan fingerprint density at radius 3 is 2.12 bits per heavy atom. The number of rotatable bonds is 8. The molecule has 0 spiro atoms. The van der Waals surface area contributed by atoms with E-state index in [1.54, 1.807) is 7.11 Å². The molecule has 2 heterocycles. The summed E-state index contributed by atoms with van der Waals surface area (Å²) in [5.74, 6) is 1.79. The molecule has 172 valence electrons. The number of amides is 1. The minimum absolute atomic E-state index is 0.0935. The average molecular weight is 438 g/mol. The summed E-state index contributed by atoms with van der Waals surface area (Å²) in [5, 5.41) is 0. The van der Waals surface area contributed by atoms with Crippen LogP contribution in [0, 0.1) is 0 Å². The Hall–Kier alpha value is -2.73. The van der Waals surface area contributed by atoms with E-state index < -0.39 is 0 Å². The van der Waals surface area contributed by atoms with E-state index in [1.165, 1.54) is 38.0 Å². The van der Waals surface area contributed by atoms with Gasteiger partial charge in [0.25, 0.3) is 5.91 Å². The van der Waals surface area contributed by atoms with Crippen LogP contribution in [0.1, 0.15) is 36.0 Å². The zero-order valence-electron chi connectivity index (χ0n) is 19.2. The predicted molar refractivity (Wildman–Crippen MR) is 128 cm³/mol. The van der Waals surface area contributed by atoms with Crippen LogP contribution < -0.4 is 14.4 Å². The first-order chi connectivity index (χ1) is 15.7. The Morgan fingerprint density at radius 2 is 1.47 bits per heavy atom. The van der Waals surface area contributed by atoms with Gasteiger partial charge >= 0.3 is 0 Å². The van der Waals surface area contributed by atoms with E-state index >= 15 is 0 Å². The Bertz CT molecular complexity index is 840. The molecule has 0 aromatic heterocycles. The minimum Gasteiger partial charge on any atom is -0.497 e. The summed E-state index contributed by atoms with van der Waals surface area (Å²) in [6, 6.07) is 15.7. The largest absolute Gasteiger partial charge is 0.497 e. The van der Waals surface area contributed by atoms with Crippen LogP contribution in [0.2, 0.25) is 0 Å². The third-order valence-corrected chi connectivity index (χ3v) is 6.44. The van der Waals surface area contributed by atoms with E-state index in [1.807, 2.05) is 41.3 Å². The number of piperidine rings is 1. The number of likely N-dealkylation sites (tertiary alicyclic amines) is 1. The van der Waals surface area contributed by atoms with Crippen molar-refractivity contribution in [3.8, 4) is 11.5 Å². The summed E-state index contributed by atoms with van der Waals surface area (Å²) in [5.41, 5.74) is 1.89. The molecule has 2 aromatic carbocycles. The number of hydrogen-bond acceptors (Lipinski definition) is 5. The van der Waals surface area contributed by atoms with Crippen LogP contribution >= 0.6 is 0 Å². The predicted octanol–water partition coefficient (Wildman–Crippen LogP) is 3.91. The van der Waals surface area contributed by atoms with Gasteiger partial charge in [0, 0.05) is 44.0 Å². The van der Waals surface area contributed by atoms with Crippen molar-refractivity contribution in [2.75, 3.05) is 64.4 Å². The van der Waals surface area contributed by atoms with Crippen molar-refractivity contribution in [3.63, 3.8) is 0 Å². The molecule has 0 saturated carbocycles. The molecule has 1 amide bonds. The molecule has 0 unspecified atom stereocenters. The smallest absolute Gasteiger partial charge is 0.253 e. The molecule has 6 nitrogen and oxygen atoms in total. The van der Waals surface area contributed by atoms with E-state index in [2.05, 4.69) is 21.9 Å². The number of ether oxygens (including phenoxy) is 2. The maximum Gasteiger partial charge on any atom is 0.253 e. The molecular weight excluding hydrogens is 402 g/mol. The third-order valence-electron chi connectivity index (χ3n) is 6.44. The molecule has 0 N–H and O–H groups in total. The number of nitrogens with zero attached hydrogens (tertiary/aromatic N) is 3. The monoisotopic (exact) mass is 437 g/mol. The lowest BCUT2D eigenvalue weighted by molar-refractivity contribution is 0.0746. The number of carbonyl (C=O) groups is 1. The van der Waals surface area contributed by atoms with Crippen LogP contribution in [0.5, 0.6) is 11.5 Å². The third kappa shape index (κ3) is 5.94. The number of anilines is 1. The van der Waals surface area contributed by atoms with E-state index in [0.29, 0.717) is 0 Å². The van der Waals surface area contributed by atoms with Crippen LogP contribution in [0.15, 0.2) is 48.5 Å². The molecule has 0 atom stereocenters. The second-order valence-electron chi connectivity index (χ2n) is 8.61. The maximum absolute atomic E-state index is 12.9. The normalized spacial score (nSPS) is 17.3. The summed E-state index contributed by atoms with van der Waals surface area (Å²) in [4.78, 5) is 19.7. The molecule has 4 rings (SSSR count). The van der Waals surface area contributed by atoms with Gasteiger partial charge in [0.05, 0.1) is 13.7 Å². The summed E-state index contributed by atoms with van der Waals surface area (Å²) < 4.78 is 11.1. The highest BCUT2D eigenvalue weighted by molar-refractivity contribution is 5.94. The molecule has 2 aliphatic rings. The molecule has 0 aliphatic carbocycles. The van der Waals surface area contributed by atoms with Gasteiger partial charge in [-0.1, -0.05) is 6.42 Å². The highest BCUT2D eigenvalue weighted by atomic mass is 16.5. The van der Waals surface area contributed by atoms with Gasteiger partial charge in [0.1, 0.15) is 11.5 Å². The lowest BCUT2D eigenvalue weighted by atomic mass is 10.1. The fourth-order valence-electron chi connectivity index (χ4n) is 4.50. The van der Waals surface area contributed by atoms with Crippen LogP contribution in [0.4, 0.5) is 5.69 Å². The van der Waals surface area contributed by atoms with Gasteiger partial charge in [0.2, 0.25) is 0 Å². The zero-order valence-corrected chi connectivity index (χ0v) is 19.2.